The second-order valence-corrected chi connectivity index (χ2v) is 6.26. The number of fused-ring (bicyclic) bond motifs is 1. The van der Waals surface area contributed by atoms with Crippen LogP contribution in [0.5, 0.6) is 0 Å². The minimum Gasteiger partial charge on any atom is -0.456 e. The molecule has 1 aromatic heterocycles. The van der Waals surface area contributed by atoms with E-state index in [9.17, 15) is 9.59 Å². The summed E-state index contributed by atoms with van der Waals surface area (Å²) in [5.41, 5.74) is 3.56. The Morgan fingerprint density at radius 3 is 2.74 bits per heavy atom. The third-order valence-corrected chi connectivity index (χ3v) is 4.22. The van der Waals surface area contributed by atoms with Gasteiger partial charge in [0.2, 0.25) is 0 Å². The van der Waals surface area contributed by atoms with Gasteiger partial charge in [-0.15, -0.1) is 0 Å². The first-order chi connectivity index (χ1) is 13.1. The van der Waals surface area contributed by atoms with E-state index in [1.165, 1.54) is 0 Å². The quantitative estimate of drug-likeness (QED) is 0.647. The molecule has 0 spiro atoms. The highest BCUT2D eigenvalue weighted by atomic mass is 16.5. The lowest BCUT2D eigenvalue weighted by Crippen LogP contribution is -2.21. The van der Waals surface area contributed by atoms with Crippen LogP contribution in [-0.2, 0) is 27.2 Å². The van der Waals surface area contributed by atoms with E-state index in [1.54, 1.807) is 0 Å². The number of pyridine rings is 1. The molecule has 0 bridgehead atoms. The lowest BCUT2D eigenvalue weighted by atomic mass is 10.1. The molecule has 0 radical (unpaired) electrons. The molecule has 3 rings (SSSR count). The summed E-state index contributed by atoms with van der Waals surface area (Å²) in [4.78, 5) is 28.4. The number of hydrogen-bond donors (Lipinski definition) is 1. The first-order valence-electron chi connectivity index (χ1n) is 9.03. The number of nitrogens with zero attached hydrogens (tertiary/aromatic N) is 1. The third kappa shape index (κ3) is 5.38. The number of anilines is 1. The summed E-state index contributed by atoms with van der Waals surface area (Å²) in [5, 5.41) is 3.80. The second-order valence-electron chi connectivity index (χ2n) is 6.26. The lowest BCUT2D eigenvalue weighted by molar-refractivity contribution is -0.147. The topological polar surface area (TPSA) is 68.3 Å². The number of nitrogens with one attached hydrogen (secondary N) is 1. The summed E-state index contributed by atoms with van der Waals surface area (Å²) in [5.74, 6) is -0.761. The fourth-order valence-corrected chi connectivity index (χ4v) is 2.76. The molecule has 0 fully saturated rings. The molecule has 0 saturated carbocycles. The van der Waals surface area contributed by atoms with E-state index in [1.807, 2.05) is 67.6 Å². The van der Waals surface area contributed by atoms with Gasteiger partial charge in [-0.05, 0) is 36.2 Å². The molecule has 0 saturated heterocycles. The normalized spacial score (nSPS) is 10.6. The van der Waals surface area contributed by atoms with Crippen LogP contribution in [0, 0.1) is 0 Å². The number of rotatable bonds is 7. The van der Waals surface area contributed by atoms with Crippen LogP contribution in [0.15, 0.2) is 60.7 Å². The molecule has 1 amide bonds. The van der Waals surface area contributed by atoms with Crippen molar-refractivity contribution in [3.63, 3.8) is 0 Å². The van der Waals surface area contributed by atoms with Gasteiger partial charge in [0.1, 0.15) is 0 Å². The monoisotopic (exact) mass is 362 g/mol. The Morgan fingerprint density at radius 1 is 1.04 bits per heavy atom. The van der Waals surface area contributed by atoms with Crippen LogP contribution in [0.1, 0.15) is 24.6 Å². The van der Waals surface area contributed by atoms with E-state index < -0.39 is 5.97 Å². The summed E-state index contributed by atoms with van der Waals surface area (Å²) in [6.07, 6.45) is 1.55. The Bertz CT molecular complexity index is 953. The molecule has 0 aliphatic rings. The van der Waals surface area contributed by atoms with Crippen LogP contribution in [0.4, 0.5) is 5.69 Å². The Balaban J connectivity index is 1.45. The van der Waals surface area contributed by atoms with E-state index in [-0.39, 0.29) is 18.9 Å². The number of aryl methyl sites for hydroxylation is 2. The second kappa shape index (κ2) is 8.94. The van der Waals surface area contributed by atoms with E-state index in [0.29, 0.717) is 12.1 Å². The van der Waals surface area contributed by atoms with Crippen molar-refractivity contribution in [1.82, 2.24) is 4.98 Å². The van der Waals surface area contributed by atoms with Crippen molar-refractivity contribution in [2.75, 3.05) is 11.9 Å². The van der Waals surface area contributed by atoms with E-state index >= 15 is 0 Å². The number of para-hydroxylation sites is 1. The summed E-state index contributed by atoms with van der Waals surface area (Å²) in [6.45, 7) is 1.76. The van der Waals surface area contributed by atoms with Gasteiger partial charge in [0.05, 0.1) is 11.9 Å². The van der Waals surface area contributed by atoms with Gasteiger partial charge >= 0.3 is 5.97 Å². The number of amides is 1. The molecule has 27 heavy (non-hydrogen) atoms. The van der Waals surface area contributed by atoms with E-state index in [4.69, 9.17) is 4.74 Å². The minimum absolute atomic E-state index is 0.184. The highest BCUT2D eigenvalue weighted by Gasteiger charge is 2.09. The Kier molecular flexibility index (Phi) is 6.15. The molecule has 138 valence electrons. The van der Waals surface area contributed by atoms with Crippen LogP contribution < -0.4 is 5.32 Å². The minimum atomic E-state index is -0.414. The number of hydrogen-bond acceptors (Lipinski definition) is 4. The van der Waals surface area contributed by atoms with Crippen molar-refractivity contribution in [3.05, 3.63) is 71.9 Å². The SMILES string of the molecule is CCc1cccc(NC(=O)COC(=O)CCc2ccc3ccccc3n2)c1. The molecule has 0 aliphatic heterocycles. The molecule has 0 atom stereocenters. The number of benzene rings is 2. The van der Waals surface area contributed by atoms with Gasteiger partial charge in [0.25, 0.3) is 5.91 Å². The molecule has 5 nitrogen and oxygen atoms in total. The molecular weight excluding hydrogens is 340 g/mol. The van der Waals surface area contributed by atoms with Crippen molar-refractivity contribution in [2.45, 2.75) is 26.2 Å². The van der Waals surface area contributed by atoms with Crippen molar-refractivity contribution in [1.29, 1.82) is 0 Å². The van der Waals surface area contributed by atoms with Gasteiger partial charge in [0.15, 0.2) is 6.61 Å². The first kappa shape index (κ1) is 18.6. The van der Waals surface area contributed by atoms with Crippen LogP contribution >= 0.6 is 0 Å². The molecule has 3 aromatic rings. The van der Waals surface area contributed by atoms with Crippen molar-refractivity contribution < 1.29 is 14.3 Å². The van der Waals surface area contributed by atoms with Crippen LogP contribution in [0.3, 0.4) is 0 Å². The maximum absolute atomic E-state index is 11.9. The molecule has 1 N–H and O–H groups in total. The molecular formula is C22H22N2O3. The number of ether oxygens (including phenoxy) is 1. The summed E-state index contributed by atoms with van der Waals surface area (Å²) >= 11 is 0. The maximum Gasteiger partial charge on any atom is 0.306 e. The Labute approximate surface area is 158 Å². The van der Waals surface area contributed by atoms with Crippen molar-refractivity contribution in [2.24, 2.45) is 0 Å². The van der Waals surface area contributed by atoms with Gasteiger partial charge in [-0.2, -0.15) is 0 Å². The third-order valence-electron chi connectivity index (χ3n) is 4.22. The highest BCUT2D eigenvalue weighted by Crippen LogP contribution is 2.13. The molecule has 5 heteroatoms. The van der Waals surface area contributed by atoms with Gasteiger partial charge in [0, 0.05) is 23.2 Å². The first-order valence-corrected chi connectivity index (χ1v) is 9.03. The molecule has 0 aliphatic carbocycles. The zero-order chi connectivity index (χ0) is 19.1. The van der Waals surface area contributed by atoms with Crippen molar-refractivity contribution >= 4 is 28.5 Å². The zero-order valence-corrected chi connectivity index (χ0v) is 15.3. The fraction of sp³-hybridized carbons (Fsp3) is 0.227. The van der Waals surface area contributed by atoms with E-state index in [2.05, 4.69) is 10.3 Å². The van der Waals surface area contributed by atoms with Crippen LogP contribution in [0.2, 0.25) is 0 Å². The van der Waals surface area contributed by atoms with Gasteiger partial charge < -0.3 is 10.1 Å². The lowest BCUT2D eigenvalue weighted by Gasteiger charge is -2.08. The van der Waals surface area contributed by atoms with Crippen LogP contribution in [-0.4, -0.2) is 23.5 Å². The van der Waals surface area contributed by atoms with Gasteiger partial charge in [-0.3, -0.25) is 14.6 Å². The summed E-state index contributed by atoms with van der Waals surface area (Å²) < 4.78 is 5.06. The summed E-state index contributed by atoms with van der Waals surface area (Å²) in [7, 11) is 0. The number of esters is 1. The highest BCUT2D eigenvalue weighted by molar-refractivity contribution is 5.92. The summed E-state index contributed by atoms with van der Waals surface area (Å²) in [6, 6.07) is 19.3. The standard InChI is InChI=1S/C22H22N2O3/c1-2-16-6-5-8-19(14-16)24-21(25)15-27-22(26)13-12-18-11-10-17-7-3-4-9-20(17)23-18/h3-11,14H,2,12-13,15H2,1H3,(H,24,25). The number of carbonyl (C=O) groups is 2. The van der Waals surface area contributed by atoms with Gasteiger partial charge in [-0.25, -0.2) is 0 Å². The molecule has 1 heterocycles. The van der Waals surface area contributed by atoms with Crippen molar-refractivity contribution in [3.8, 4) is 0 Å². The van der Waals surface area contributed by atoms with Gasteiger partial charge in [-0.1, -0.05) is 43.3 Å². The number of aromatic nitrogens is 1. The maximum atomic E-state index is 11.9. The average Bonchev–Trinajstić information content (AvgIpc) is 2.70. The molecule has 0 unspecified atom stereocenters. The van der Waals surface area contributed by atoms with Crippen LogP contribution in [0.25, 0.3) is 10.9 Å². The zero-order valence-electron chi connectivity index (χ0n) is 15.3. The molecule has 2 aromatic carbocycles. The Hall–Kier alpha value is -3.21. The number of carbonyl (C=O) groups excluding carboxylic acids is 2. The largest absolute Gasteiger partial charge is 0.456 e. The predicted molar refractivity (Wildman–Crippen MR) is 105 cm³/mol. The average molecular weight is 362 g/mol. The smallest absolute Gasteiger partial charge is 0.306 e. The van der Waals surface area contributed by atoms with E-state index in [0.717, 1.165) is 28.6 Å². The Morgan fingerprint density at radius 2 is 1.89 bits per heavy atom. The predicted octanol–water partition coefficient (Wildman–Crippen LogP) is 3.91. The fourth-order valence-electron chi connectivity index (χ4n) is 2.76.